The summed E-state index contributed by atoms with van der Waals surface area (Å²) in [5.41, 5.74) is 1.41. The normalized spacial score (nSPS) is 19.0. The van der Waals surface area contributed by atoms with Crippen molar-refractivity contribution in [2.75, 3.05) is 0 Å². The van der Waals surface area contributed by atoms with Crippen LogP contribution in [0.15, 0.2) is 6.07 Å². The first kappa shape index (κ1) is 17.9. The summed E-state index contributed by atoms with van der Waals surface area (Å²) in [5, 5.41) is 17.7. The van der Waals surface area contributed by atoms with Crippen LogP contribution in [0.5, 0.6) is 0 Å². The van der Waals surface area contributed by atoms with Crippen LogP contribution in [0.4, 0.5) is 0 Å². The zero-order valence-electron chi connectivity index (χ0n) is 16.3. The molecule has 0 unspecified atom stereocenters. The molecule has 0 atom stereocenters. The van der Waals surface area contributed by atoms with Crippen LogP contribution >= 0.6 is 0 Å². The average molecular weight is 370 g/mol. The van der Waals surface area contributed by atoms with Crippen LogP contribution in [-0.2, 0) is 10.3 Å². The molecular formula is C20H26N4O3. The third kappa shape index (κ3) is 2.89. The topological polar surface area (TPSA) is 97.1 Å². The summed E-state index contributed by atoms with van der Waals surface area (Å²) < 4.78 is 1.87. The van der Waals surface area contributed by atoms with Gasteiger partial charge < -0.3 is 10.4 Å². The van der Waals surface area contributed by atoms with E-state index in [-0.39, 0.29) is 11.4 Å². The number of aromatic nitrogens is 3. The molecule has 0 aliphatic heterocycles. The SMILES string of the molecule is Cc1nn(C(C)(C)C)c2nc(C3CC3)cc(C(=O)NC3(C(=O)O)CCC3)c12. The number of pyridine rings is 1. The molecule has 7 heteroatoms. The van der Waals surface area contributed by atoms with E-state index in [0.29, 0.717) is 35.4 Å². The molecule has 0 bridgehead atoms. The molecule has 2 heterocycles. The van der Waals surface area contributed by atoms with Gasteiger partial charge in [-0.3, -0.25) is 4.79 Å². The van der Waals surface area contributed by atoms with Crippen molar-refractivity contribution < 1.29 is 14.7 Å². The molecule has 7 nitrogen and oxygen atoms in total. The molecule has 2 fully saturated rings. The van der Waals surface area contributed by atoms with Gasteiger partial charge in [0, 0.05) is 11.6 Å². The van der Waals surface area contributed by atoms with Gasteiger partial charge in [-0.25, -0.2) is 14.5 Å². The smallest absolute Gasteiger partial charge is 0.329 e. The van der Waals surface area contributed by atoms with Crippen molar-refractivity contribution in [3.8, 4) is 0 Å². The lowest BCUT2D eigenvalue weighted by Crippen LogP contribution is -2.59. The first-order valence-electron chi connectivity index (χ1n) is 9.59. The number of carboxylic acids is 1. The Labute approximate surface area is 158 Å². The number of amides is 1. The minimum Gasteiger partial charge on any atom is -0.480 e. The summed E-state index contributed by atoms with van der Waals surface area (Å²) in [6.07, 6.45) is 3.89. The molecule has 144 valence electrons. The first-order valence-corrected chi connectivity index (χ1v) is 9.59. The highest BCUT2D eigenvalue weighted by Crippen LogP contribution is 2.41. The summed E-state index contributed by atoms with van der Waals surface area (Å²) in [4.78, 5) is 29.7. The number of aryl methyl sites for hydroxylation is 1. The molecule has 2 aromatic rings. The van der Waals surface area contributed by atoms with Crippen LogP contribution in [0.3, 0.4) is 0 Å². The van der Waals surface area contributed by atoms with E-state index in [4.69, 9.17) is 4.98 Å². The molecule has 2 aliphatic rings. The van der Waals surface area contributed by atoms with E-state index in [1.165, 1.54) is 0 Å². The Morgan fingerprint density at radius 1 is 1.30 bits per heavy atom. The molecule has 2 saturated carbocycles. The standard InChI is InChI=1S/C20H26N4O3/c1-11-15-13(17(25)22-20(18(26)27)8-5-9-20)10-14(12-6-7-12)21-16(15)24(23-11)19(2,3)4/h10,12H,5-9H2,1-4H3,(H,22,25)(H,26,27). The molecular weight excluding hydrogens is 344 g/mol. The Morgan fingerprint density at radius 2 is 1.96 bits per heavy atom. The first-order chi connectivity index (χ1) is 12.6. The third-order valence-electron chi connectivity index (χ3n) is 5.68. The number of aliphatic carboxylic acids is 1. The maximum Gasteiger partial charge on any atom is 0.329 e. The van der Waals surface area contributed by atoms with Gasteiger partial charge in [0.2, 0.25) is 0 Å². The predicted octanol–water partition coefficient (Wildman–Crippen LogP) is 3.11. The average Bonchev–Trinajstić information content (AvgIpc) is 3.33. The Balaban J connectivity index is 1.85. The molecule has 1 amide bonds. The zero-order valence-corrected chi connectivity index (χ0v) is 16.3. The van der Waals surface area contributed by atoms with Gasteiger partial charge in [-0.15, -0.1) is 0 Å². The van der Waals surface area contributed by atoms with Crippen LogP contribution in [0.1, 0.15) is 80.5 Å². The second-order valence-electron chi connectivity index (χ2n) is 8.93. The van der Waals surface area contributed by atoms with Crippen molar-refractivity contribution in [1.82, 2.24) is 20.1 Å². The highest BCUT2D eigenvalue weighted by atomic mass is 16.4. The van der Waals surface area contributed by atoms with Crippen molar-refractivity contribution >= 4 is 22.9 Å². The highest BCUT2D eigenvalue weighted by molar-refractivity contribution is 6.08. The quantitative estimate of drug-likeness (QED) is 0.862. The Hall–Kier alpha value is -2.44. The van der Waals surface area contributed by atoms with E-state index in [9.17, 15) is 14.7 Å². The van der Waals surface area contributed by atoms with Gasteiger partial charge in [0.25, 0.3) is 5.91 Å². The Morgan fingerprint density at radius 3 is 2.44 bits per heavy atom. The lowest BCUT2D eigenvalue weighted by atomic mass is 9.76. The molecule has 0 aromatic carbocycles. The number of carbonyl (C=O) groups is 2. The van der Waals surface area contributed by atoms with Crippen LogP contribution < -0.4 is 5.32 Å². The molecule has 0 spiro atoms. The van der Waals surface area contributed by atoms with Gasteiger partial charge in [-0.05, 0) is 65.9 Å². The van der Waals surface area contributed by atoms with Crippen molar-refractivity contribution in [3.05, 3.63) is 23.0 Å². The maximum absolute atomic E-state index is 13.1. The van der Waals surface area contributed by atoms with Crippen LogP contribution in [0.25, 0.3) is 11.0 Å². The lowest BCUT2D eigenvalue weighted by Gasteiger charge is -2.38. The van der Waals surface area contributed by atoms with E-state index in [2.05, 4.69) is 31.2 Å². The number of nitrogens with one attached hydrogen (secondary N) is 1. The van der Waals surface area contributed by atoms with Crippen molar-refractivity contribution in [3.63, 3.8) is 0 Å². The van der Waals surface area contributed by atoms with Crippen LogP contribution in [-0.4, -0.2) is 37.3 Å². The van der Waals surface area contributed by atoms with Crippen molar-refractivity contribution in [1.29, 1.82) is 0 Å². The monoisotopic (exact) mass is 370 g/mol. The van der Waals surface area contributed by atoms with Gasteiger partial charge in [0.05, 0.1) is 22.2 Å². The van der Waals surface area contributed by atoms with Crippen molar-refractivity contribution in [2.45, 2.75) is 76.8 Å². The fraction of sp³-hybridized carbons (Fsp3) is 0.600. The number of rotatable bonds is 4. The van der Waals surface area contributed by atoms with Crippen LogP contribution in [0.2, 0.25) is 0 Å². The number of carbonyl (C=O) groups excluding carboxylic acids is 1. The molecule has 27 heavy (non-hydrogen) atoms. The van der Waals surface area contributed by atoms with E-state index in [1.54, 1.807) is 0 Å². The summed E-state index contributed by atoms with van der Waals surface area (Å²) >= 11 is 0. The largest absolute Gasteiger partial charge is 0.480 e. The molecule has 4 rings (SSSR count). The molecule has 2 aromatic heterocycles. The summed E-state index contributed by atoms with van der Waals surface area (Å²) in [7, 11) is 0. The fourth-order valence-electron chi connectivity index (χ4n) is 3.75. The second-order valence-corrected chi connectivity index (χ2v) is 8.93. The van der Waals surface area contributed by atoms with Gasteiger partial charge in [0.1, 0.15) is 5.54 Å². The summed E-state index contributed by atoms with van der Waals surface area (Å²) in [6, 6.07) is 1.84. The van der Waals surface area contributed by atoms with E-state index < -0.39 is 11.5 Å². The van der Waals surface area contributed by atoms with Gasteiger partial charge in [0.15, 0.2) is 5.65 Å². The number of nitrogens with zero attached hydrogens (tertiary/aromatic N) is 3. The fourth-order valence-corrected chi connectivity index (χ4v) is 3.75. The molecule has 0 radical (unpaired) electrons. The van der Waals surface area contributed by atoms with E-state index >= 15 is 0 Å². The molecule has 2 aliphatic carbocycles. The number of carboxylic acid groups (broad SMARTS) is 1. The number of hydrogen-bond donors (Lipinski definition) is 2. The van der Waals surface area contributed by atoms with E-state index in [0.717, 1.165) is 30.7 Å². The Kier molecular flexibility index (Phi) is 3.84. The van der Waals surface area contributed by atoms with Crippen molar-refractivity contribution in [2.24, 2.45) is 0 Å². The molecule has 2 N–H and O–H groups in total. The van der Waals surface area contributed by atoms with E-state index in [1.807, 2.05) is 17.7 Å². The minimum absolute atomic E-state index is 0.272. The highest BCUT2D eigenvalue weighted by Gasteiger charge is 2.46. The lowest BCUT2D eigenvalue weighted by molar-refractivity contribution is -0.148. The molecule has 0 saturated heterocycles. The number of fused-ring (bicyclic) bond motifs is 1. The maximum atomic E-state index is 13.1. The summed E-state index contributed by atoms with van der Waals surface area (Å²) in [6.45, 7) is 8.03. The third-order valence-corrected chi connectivity index (χ3v) is 5.68. The second kappa shape index (κ2) is 5.78. The van der Waals surface area contributed by atoms with Crippen LogP contribution in [0, 0.1) is 6.92 Å². The Bertz CT molecular complexity index is 946. The summed E-state index contributed by atoms with van der Waals surface area (Å²) in [5.74, 6) is -0.929. The van der Waals surface area contributed by atoms with Gasteiger partial charge >= 0.3 is 5.97 Å². The zero-order chi connectivity index (χ0) is 19.6. The predicted molar refractivity (Wildman–Crippen MR) is 101 cm³/mol. The van der Waals surface area contributed by atoms with Gasteiger partial charge in [-0.2, -0.15) is 5.10 Å². The number of hydrogen-bond acceptors (Lipinski definition) is 4. The minimum atomic E-state index is -1.14. The van der Waals surface area contributed by atoms with Gasteiger partial charge in [-0.1, -0.05) is 0 Å².